The number of benzene rings is 1. The van der Waals surface area contributed by atoms with Crippen molar-refractivity contribution in [2.24, 2.45) is 5.92 Å². The van der Waals surface area contributed by atoms with Gasteiger partial charge in [0.25, 0.3) is 0 Å². The molecular formula is C18H30Cl2N2O2. The molecule has 1 N–H and O–H groups in total. The normalized spacial score (nSPS) is 16.0. The lowest BCUT2D eigenvalue weighted by Crippen LogP contribution is -2.47. The average molecular weight is 377 g/mol. The molecule has 1 saturated heterocycles. The molecule has 0 spiro atoms. The van der Waals surface area contributed by atoms with E-state index < -0.39 is 5.97 Å². The van der Waals surface area contributed by atoms with Gasteiger partial charge in [-0.15, -0.1) is 24.8 Å². The Kier molecular flexibility index (Phi) is 11.9. The van der Waals surface area contributed by atoms with Crippen molar-refractivity contribution < 1.29 is 9.90 Å². The minimum atomic E-state index is -0.628. The second-order valence-electron chi connectivity index (χ2n) is 6.13. The van der Waals surface area contributed by atoms with Crippen LogP contribution in [-0.4, -0.2) is 48.7 Å². The SMILES string of the molecule is CCCCC(CCN1CCN(c2ccccc2)CC1)C(=O)O.Cl.Cl. The number of rotatable bonds is 8. The van der Waals surface area contributed by atoms with Crippen molar-refractivity contribution in [1.29, 1.82) is 0 Å². The van der Waals surface area contributed by atoms with Gasteiger partial charge in [-0.3, -0.25) is 9.69 Å². The second-order valence-corrected chi connectivity index (χ2v) is 6.13. The fraction of sp³-hybridized carbons (Fsp3) is 0.611. The van der Waals surface area contributed by atoms with Gasteiger partial charge >= 0.3 is 5.97 Å². The number of halogens is 2. The van der Waals surface area contributed by atoms with Gasteiger partial charge in [-0.05, 0) is 31.5 Å². The number of carbonyl (C=O) groups is 1. The quantitative estimate of drug-likeness (QED) is 0.746. The van der Waals surface area contributed by atoms with Crippen LogP contribution in [0.15, 0.2) is 30.3 Å². The molecule has 2 rings (SSSR count). The van der Waals surface area contributed by atoms with E-state index in [1.165, 1.54) is 5.69 Å². The monoisotopic (exact) mass is 376 g/mol. The van der Waals surface area contributed by atoms with E-state index >= 15 is 0 Å². The number of piperazine rings is 1. The fourth-order valence-electron chi connectivity index (χ4n) is 3.05. The van der Waals surface area contributed by atoms with E-state index in [-0.39, 0.29) is 30.7 Å². The molecule has 1 aromatic rings. The summed E-state index contributed by atoms with van der Waals surface area (Å²) in [5, 5.41) is 9.29. The van der Waals surface area contributed by atoms with Gasteiger partial charge in [0.1, 0.15) is 0 Å². The summed E-state index contributed by atoms with van der Waals surface area (Å²) in [6.07, 6.45) is 3.68. The minimum Gasteiger partial charge on any atom is -0.481 e. The highest BCUT2D eigenvalue weighted by atomic mass is 35.5. The van der Waals surface area contributed by atoms with E-state index in [9.17, 15) is 9.90 Å². The summed E-state index contributed by atoms with van der Waals surface area (Å²) < 4.78 is 0. The maximum Gasteiger partial charge on any atom is 0.306 e. The molecule has 0 radical (unpaired) electrons. The Morgan fingerprint density at radius 1 is 1.08 bits per heavy atom. The molecule has 6 heteroatoms. The molecule has 1 unspecified atom stereocenters. The number of para-hydroxylation sites is 1. The lowest BCUT2D eigenvalue weighted by molar-refractivity contribution is -0.142. The molecule has 4 nitrogen and oxygen atoms in total. The molecule has 0 aromatic heterocycles. The van der Waals surface area contributed by atoms with Gasteiger partial charge in [-0.1, -0.05) is 38.0 Å². The molecule has 1 atom stereocenters. The van der Waals surface area contributed by atoms with Crippen molar-refractivity contribution in [2.45, 2.75) is 32.6 Å². The number of hydrogen-bond donors (Lipinski definition) is 1. The largest absolute Gasteiger partial charge is 0.481 e. The number of carboxylic acids is 1. The minimum absolute atomic E-state index is 0. The predicted molar refractivity (Wildman–Crippen MR) is 105 cm³/mol. The van der Waals surface area contributed by atoms with Crippen LogP contribution < -0.4 is 4.90 Å². The second kappa shape index (κ2) is 12.4. The summed E-state index contributed by atoms with van der Waals surface area (Å²) in [5.74, 6) is -0.802. The van der Waals surface area contributed by atoms with E-state index in [0.29, 0.717) is 0 Å². The van der Waals surface area contributed by atoms with Crippen LogP contribution in [0, 0.1) is 5.92 Å². The fourth-order valence-corrected chi connectivity index (χ4v) is 3.05. The molecule has 1 heterocycles. The molecule has 1 aromatic carbocycles. The lowest BCUT2D eigenvalue weighted by Gasteiger charge is -2.36. The maximum absolute atomic E-state index is 11.3. The van der Waals surface area contributed by atoms with Crippen molar-refractivity contribution in [1.82, 2.24) is 4.90 Å². The molecule has 1 aliphatic heterocycles. The first-order valence-corrected chi connectivity index (χ1v) is 8.46. The molecule has 0 aliphatic carbocycles. The molecule has 0 bridgehead atoms. The Morgan fingerprint density at radius 3 is 2.25 bits per heavy atom. The number of anilines is 1. The highest BCUT2D eigenvalue weighted by molar-refractivity contribution is 5.85. The van der Waals surface area contributed by atoms with Crippen LogP contribution in [-0.2, 0) is 4.79 Å². The van der Waals surface area contributed by atoms with Crippen LogP contribution in [0.1, 0.15) is 32.6 Å². The third kappa shape index (κ3) is 7.29. The van der Waals surface area contributed by atoms with Crippen LogP contribution in [0.25, 0.3) is 0 Å². The van der Waals surface area contributed by atoms with Gasteiger partial charge in [-0.2, -0.15) is 0 Å². The molecule has 0 saturated carbocycles. The zero-order chi connectivity index (χ0) is 15.8. The molecule has 24 heavy (non-hydrogen) atoms. The standard InChI is InChI=1S/C18H28N2O2.2ClH/c1-2-3-7-16(18(21)22)10-11-19-12-14-20(15-13-19)17-8-5-4-6-9-17;;/h4-6,8-9,16H,2-3,7,10-15H2,1H3,(H,21,22);2*1H. The highest BCUT2D eigenvalue weighted by Crippen LogP contribution is 2.18. The van der Waals surface area contributed by atoms with Crippen molar-refractivity contribution >= 4 is 36.5 Å². The smallest absolute Gasteiger partial charge is 0.306 e. The highest BCUT2D eigenvalue weighted by Gasteiger charge is 2.21. The first kappa shape index (κ1) is 23.0. The summed E-state index contributed by atoms with van der Waals surface area (Å²) >= 11 is 0. The summed E-state index contributed by atoms with van der Waals surface area (Å²) in [5.41, 5.74) is 1.29. The van der Waals surface area contributed by atoms with Crippen molar-refractivity contribution in [3.63, 3.8) is 0 Å². The number of unbranched alkanes of at least 4 members (excludes halogenated alkanes) is 1. The van der Waals surface area contributed by atoms with Crippen LogP contribution in [0.4, 0.5) is 5.69 Å². The van der Waals surface area contributed by atoms with Gasteiger partial charge < -0.3 is 10.0 Å². The Balaban J connectivity index is 0.00000264. The van der Waals surface area contributed by atoms with E-state index in [0.717, 1.165) is 58.4 Å². The van der Waals surface area contributed by atoms with Gasteiger partial charge in [0.05, 0.1) is 5.92 Å². The van der Waals surface area contributed by atoms with Gasteiger partial charge in [0.15, 0.2) is 0 Å². The van der Waals surface area contributed by atoms with E-state index in [2.05, 4.69) is 41.0 Å². The molecular weight excluding hydrogens is 347 g/mol. The molecule has 0 amide bonds. The Hall–Kier alpha value is -0.970. The van der Waals surface area contributed by atoms with Gasteiger partial charge in [0.2, 0.25) is 0 Å². The van der Waals surface area contributed by atoms with Gasteiger partial charge in [0, 0.05) is 31.9 Å². The number of carboxylic acid groups (broad SMARTS) is 1. The van der Waals surface area contributed by atoms with Crippen LogP contribution in [0.3, 0.4) is 0 Å². The zero-order valence-corrected chi connectivity index (χ0v) is 16.0. The molecule has 1 aliphatic rings. The van der Waals surface area contributed by atoms with E-state index in [4.69, 9.17) is 0 Å². The molecule has 1 fully saturated rings. The summed E-state index contributed by atoms with van der Waals surface area (Å²) in [7, 11) is 0. The summed E-state index contributed by atoms with van der Waals surface area (Å²) in [6.45, 7) is 7.11. The molecule has 138 valence electrons. The van der Waals surface area contributed by atoms with E-state index in [1.54, 1.807) is 0 Å². The third-order valence-electron chi connectivity index (χ3n) is 4.54. The maximum atomic E-state index is 11.3. The zero-order valence-electron chi connectivity index (χ0n) is 14.4. The number of hydrogen-bond acceptors (Lipinski definition) is 3. The third-order valence-corrected chi connectivity index (χ3v) is 4.54. The Bertz CT molecular complexity index is 452. The van der Waals surface area contributed by atoms with Crippen molar-refractivity contribution in [2.75, 3.05) is 37.6 Å². The van der Waals surface area contributed by atoms with Crippen LogP contribution in [0.5, 0.6) is 0 Å². The van der Waals surface area contributed by atoms with E-state index in [1.807, 2.05) is 6.07 Å². The summed E-state index contributed by atoms with van der Waals surface area (Å²) in [4.78, 5) is 16.1. The lowest BCUT2D eigenvalue weighted by atomic mass is 9.98. The summed E-state index contributed by atoms with van der Waals surface area (Å²) in [6, 6.07) is 10.5. The van der Waals surface area contributed by atoms with Crippen LogP contribution in [0.2, 0.25) is 0 Å². The topological polar surface area (TPSA) is 43.8 Å². The predicted octanol–water partition coefficient (Wildman–Crippen LogP) is 3.93. The first-order chi connectivity index (χ1) is 10.7. The Morgan fingerprint density at radius 2 is 1.71 bits per heavy atom. The number of aliphatic carboxylic acids is 1. The van der Waals surface area contributed by atoms with Crippen molar-refractivity contribution in [3.8, 4) is 0 Å². The van der Waals surface area contributed by atoms with Gasteiger partial charge in [-0.25, -0.2) is 0 Å². The number of nitrogens with zero attached hydrogens (tertiary/aromatic N) is 2. The average Bonchev–Trinajstić information content (AvgIpc) is 2.56. The van der Waals surface area contributed by atoms with Crippen molar-refractivity contribution in [3.05, 3.63) is 30.3 Å². The van der Waals surface area contributed by atoms with Crippen LogP contribution >= 0.6 is 24.8 Å². The Labute approximate surface area is 158 Å². The first-order valence-electron chi connectivity index (χ1n) is 8.46.